The molecule has 0 N–H and O–H groups in total. The third kappa shape index (κ3) is 1.46. The van der Waals surface area contributed by atoms with Gasteiger partial charge in [0.2, 0.25) is 0 Å². The van der Waals surface area contributed by atoms with Gasteiger partial charge in [0.1, 0.15) is 0 Å². The molecule has 1 saturated heterocycles. The molecule has 0 saturated carbocycles. The molecule has 1 fully saturated rings. The summed E-state index contributed by atoms with van der Waals surface area (Å²) in [6.07, 6.45) is 1.78. The van der Waals surface area contributed by atoms with Crippen LogP contribution in [0.3, 0.4) is 0 Å². The molecule has 1 aliphatic rings. The minimum Gasteiger partial charge on any atom is -0.356 e. The fourth-order valence-corrected chi connectivity index (χ4v) is 0.718. The number of methoxy groups -OCH3 is 1. The SMILES string of the molecule is [2H]C1([2H])CCCC(OC)O1. The first kappa shape index (κ1) is 3.85. The van der Waals surface area contributed by atoms with Crippen molar-refractivity contribution in [1.82, 2.24) is 0 Å². The highest BCUT2D eigenvalue weighted by atomic mass is 16.7. The molecule has 1 rings (SSSR count). The average molecular weight is 118 g/mol. The summed E-state index contributed by atoms with van der Waals surface area (Å²) < 4.78 is 24.2. The Hall–Kier alpha value is -0.0800. The lowest BCUT2D eigenvalue weighted by molar-refractivity contribution is -0.145. The quantitative estimate of drug-likeness (QED) is 0.514. The van der Waals surface area contributed by atoms with Crippen LogP contribution >= 0.6 is 0 Å². The van der Waals surface area contributed by atoms with Crippen LogP contribution in [0.15, 0.2) is 0 Å². The standard InChI is InChI=1S/C6H12O2/c1-7-6-4-2-3-5-8-6/h6H,2-5H2,1H3/i5D2. The van der Waals surface area contributed by atoms with Crippen LogP contribution < -0.4 is 0 Å². The van der Waals surface area contributed by atoms with E-state index in [4.69, 9.17) is 12.2 Å². The van der Waals surface area contributed by atoms with Crippen LogP contribution in [0.4, 0.5) is 0 Å². The second-order valence-electron chi connectivity index (χ2n) is 1.82. The summed E-state index contributed by atoms with van der Waals surface area (Å²) in [4.78, 5) is 0. The van der Waals surface area contributed by atoms with Gasteiger partial charge in [-0.1, -0.05) is 0 Å². The van der Waals surface area contributed by atoms with Crippen LogP contribution in [0, 0.1) is 0 Å². The Balaban J connectivity index is 2.40. The predicted octanol–water partition coefficient (Wildman–Crippen LogP) is 1.16. The third-order valence-corrected chi connectivity index (χ3v) is 1.20. The van der Waals surface area contributed by atoms with Crippen LogP contribution in [0.2, 0.25) is 0 Å². The van der Waals surface area contributed by atoms with E-state index in [0.717, 1.165) is 12.8 Å². The first-order chi connectivity index (χ1) is 4.64. The minimum atomic E-state index is -1.47. The molecule has 2 nitrogen and oxygen atoms in total. The lowest BCUT2D eigenvalue weighted by Gasteiger charge is -2.20. The van der Waals surface area contributed by atoms with Crippen molar-refractivity contribution in [1.29, 1.82) is 0 Å². The Morgan fingerprint density at radius 1 is 1.75 bits per heavy atom. The minimum absolute atomic E-state index is 0.344. The molecular formula is C6H12O2. The molecule has 0 bridgehead atoms. The predicted molar refractivity (Wildman–Crippen MR) is 30.6 cm³/mol. The van der Waals surface area contributed by atoms with Crippen molar-refractivity contribution in [3.63, 3.8) is 0 Å². The lowest BCUT2D eigenvalue weighted by Crippen LogP contribution is -2.20. The summed E-state index contributed by atoms with van der Waals surface area (Å²) in [5.41, 5.74) is 0. The molecule has 0 aromatic carbocycles. The maximum absolute atomic E-state index is 7.22. The molecule has 0 aromatic heterocycles. The normalized spacial score (nSPS) is 40.4. The zero-order chi connectivity index (χ0) is 7.61. The molecule has 1 aliphatic heterocycles. The molecule has 1 heterocycles. The molecule has 0 aliphatic carbocycles. The van der Waals surface area contributed by atoms with Gasteiger partial charge in [0, 0.05) is 13.7 Å². The number of hydrogen-bond donors (Lipinski definition) is 0. The van der Waals surface area contributed by atoms with E-state index in [0.29, 0.717) is 6.42 Å². The fraction of sp³-hybridized carbons (Fsp3) is 1.00. The molecule has 0 radical (unpaired) electrons. The van der Waals surface area contributed by atoms with Gasteiger partial charge in [-0.25, -0.2) is 0 Å². The third-order valence-electron chi connectivity index (χ3n) is 1.20. The fourth-order valence-electron chi connectivity index (χ4n) is 0.718. The molecule has 48 valence electrons. The van der Waals surface area contributed by atoms with Crippen molar-refractivity contribution in [2.45, 2.75) is 25.6 Å². The molecule has 1 atom stereocenters. The first-order valence-electron chi connectivity index (χ1n) is 3.85. The van der Waals surface area contributed by atoms with Crippen molar-refractivity contribution in [3.8, 4) is 0 Å². The van der Waals surface area contributed by atoms with Crippen LogP contribution in [-0.4, -0.2) is 20.0 Å². The molecule has 8 heavy (non-hydrogen) atoms. The maximum Gasteiger partial charge on any atom is 0.157 e. The van der Waals surface area contributed by atoms with E-state index >= 15 is 0 Å². The largest absolute Gasteiger partial charge is 0.356 e. The summed E-state index contributed by atoms with van der Waals surface area (Å²) in [7, 11) is 1.53. The summed E-state index contributed by atoms with van der Waals surface area (Å²) in [6.45, 7) is -1.47. The van der Waals surface area contributed by atoms with Crippen LogP contribution in [0.1, 0.15) is 22.0 Å². The Labute approximate surface area is 52.6 Å². The highest BCUT2D eigenvalue weighted by Crippen LogP contribution is 2.11. The van der Waals surface area contributed by atoms with Crippen molar-refractivity contribution < 1.29 is 12.2 Å². The van der Waals surface area contributed by atoms with Gasteiger partial charge >= 0.3 is 0 Å². The van der Waals surface area contributed by atoms with E-state index < -0.39 is 6.56 Å². The summed E-state index contributed by atoms with van der Waals surface area (Å²) in [5.74, 6) is 0. The van der Waals surface area contributed by atoms with Gasteiger partial charge in [-0.3, -0.25) is 0 Å². The molecule has 0 spiro atoms. The Morgan fingerprint density at radius 2 is 2.62 bits per heavy atom. The molecule has 2 heteroatoms. The number of hydrogen-bond acceptors (Lipinski definition) is 2. The van der Waals surface area contributed by atoms with Crippen LogP contribution in [-0.2, 0) is 9.47 Å². The summed E-state index contributed by atoms with van der Waals surface area (Å²) >= 11 is 0. The van der Waals surface area contributed by atoms with Crippen LogP contribution in [0.25, 0.3) is 0 Å². The van der Waals surface area contributed by atoms with Gasteiger partial charge in [0.25, 0.3) is 0 Å². The van der Waals surface area contributed by atoms with E-state index in [9.17, 15) is 0 Å². The Kier molecular flexibility index (Phi) is 1.47. The van der Waals surface area contributed by atoms with E-state index in [-0.39, 0.29) is 6.29 Å². The number of rotatable bonds is 1. The van der Waals surface area contributed by atoms with E-state index in [1.54, 1.807) is 0 Å². The van der Waals surface area contributed by atoms with Crippen LogP contribution in [0.5, 0.6) is 0 Å². The van der Waals surface area contributed by atoms with Gasteiger partial charge in [-0.05, 0) is 19.3 Å². The summed E-state index contributed by atoms with van der Waals surface area (Å²) in [5, 5.41) is 0. The highest BCUT2D eigenvalue weighted by molar-refractivity contribution is 4.52. The van der Waals surface area contributed by atoms with E-state index in [1.807, 2.05) is 0 Å². The number of ether oxygens (including phenoxy) is 2. The van der Waals surface area contributed by atoms with Gasteiger partial charge in [0.05, 0.1) is 2.74 Å². The highest BCUT2D eigenvalue weighted by Gasteiger charge is 2.10. The Morgan fingerprint density at radius 3 is 3.12 bits per heavy atom. The van der Waals surface area contributed by atoms with Gasteiger partial charge in [-0.15, -0.1) is 0 Å². The maximum atomic E-state index is 7.22. The smallest absolute Gasteiger partial charge is 0.157 e. The monoisotopic (exact) mass is 118 g/mol. The van der Waals surface area contributed by atoms with Crippen molar-refractivity contribution in [2.75, 3.05) is 13.7 Å². The zero-order valence-corrected chi connectivity index (χ0v) is 5.02. The van der Waals surface area contributed by atoms with Crippen molar-refractivity contribution >= 4 is 0 Å². The van der Waals surface area contributed by atoms with Crippen molar-refractivity contribution in [2.24, 2.45) is 0 Å². The first-order valence-corrected chi connectivity index (χ1v) is 2.85. The topological polar surface area (TPSA) is 18.5 Å². The average Bonchev–Trinajstić information content (AvgIpc) is 1.86. The summed E-state index contributed by atoms with van der Waals surface area (Å²) in [6, 6.07) is 0. The molecule has 0 aromatic rings. The molecule has 0 amide bonds. The molecule has 1 unspecified atom stereocenters. The zero-order valence-electron chi connectivity index (χ0n) is 7.02. The molecular weight excluding hydrogens is 104 g/mol. The Bertz CT molecular complexity index is 116. The second kappa shape index (κ2) is 3.05. The van der Waals surface area contributed by atoms with Crippen molar-refractivity contribution in [3.05, 3.63) is 0 Å². The second-order valence-corrected chi connectivity index (χ2v) is 1.82. The van der Waals surface area contributed by atoms with E-state index in [1.165, 1.54) is 7.11 Å². The lowest BCUT2D eigenvalue weighted by atomic mass is 10.2. The van der Waals surface area contributed by atoms with Gasteiger partial charge in [0.15, 0.2) is 6.29 Å². The van der Waals surface area contributed by atoms with E-state index in [2.05, 4.69) is 0 Å². The van der Waals surface area contributed by atoms with Gasteiger partial charge < -0.3 is 9.47 Å². The van der Waals surface area contributed by atoms with Gasteiger partial charge in [-0.2, -0.15) is 0 Å².